The number of rotatable bonds is 15. The van der Waals surface area contributed by atoms with Crippen molar-refractivity contribution in [1.29, 1.82) is 0 Å². The molecule has 1 aliphatic rings. The Morgan fingerprint density at radius 2 is 1.29 bits per heavy atom. The fourth-order valence-electron chi connectivity index (χ4n) is 4.22. The first-order valence-electron chi connectivity index (χ1n) is 12.5. The van der Waals surface area contributed by atoms with Crippen molar-refractivity contribution in [3.05, 3.63) is 0 Å². The number of esters is 3. The molecular formula is C25H44O6. The zero-order valence-electron chi connectivity index (χ0n) is 20.2. The number of carbonyl (C=O) groups excluding carboxylic acids is 3. The third-order valence-electron chi connectivity index (χ3n) is 6.16. The maximum absolute atomic E-state index is 12.3. The van der Waals surface area contributed by atoms with Gasteiger partial charge in [0.25, 0.3) is 0 Å². The molecule has 0 spiro atoms. The molecule has 0 saturated heterocycles. The smallest absolute Gasteiger partial charge is 0.306 e. The van der Waals surface area contributed by atoms with Crippen molar-refractivity contribution in [3.63, 3.8) is 0 Å². The van der Waals surface area contributed by atoms with Crippen LogP contribution in [0.4, 0.5) is 0 Å². The van der Waals surface area contributed by atoms with E-state index in [9.17, 15) is 14.4 Å². The molecule has 0 aliphatic heterocycles. The lowest BCUT2D eigenvalue weighted by atomic mass is 9.77. The van der Waals surface area contributed by atoms with Crippen LogP contribution in [-0.4, -0.2) is 35.7 Å². The van der Waals surface area contributed by atoms with Gasteiger partial charge >= 0.3 is 17.9 Å². The summed E-state index contributed by atoms with van der Waals surface area (Å²) in [5.74, 6) is -0.854. The predicted molar refractivity (Wildman–Crippen MR) is 121 cm³/mol. The topological polar surface area (TPSA) is 78.9 Å². The molecule has 0 aromatic heterocycles. The molecule has 180 valence electrons. The molecule has 3 unspecified atom stereocenters. The van der Waals surface area contributed by atoms with Crippen LogP contribution >= 0.6 is 0 Å². The summed E-state index contributed by atoms with van der Waals surface area (Å²) in [5, 5.41) is 0. The molecule has 1 aliphatic carbocycles. The van der Waals surface area contributed by atoms with E-state index < -0.39 is 11.7 Å². The predicted octanol–water partition coefficient (Wildman–Crippen LogP) is 6.04. The average molecular weight is 441 g/mol. The summed E-state index contributed by atoms with van der Waals surface area (Å²) in [5.41, 5.74) is -0.824. The summed E-state index contributed by atoms with van der Waals surface area (Å²) in [6.07, 6.45) is 11.6. The second kappa shape index (κ2) is 15.3. The van der Waals surface area contributed by atoms with Crippen molar-refractivity contribution in [2.75, 3.05) is 0 Å². The fraction of sp³-hybridized carbons (Fsp3) is 0.880. The van der Waals surface area contributed by atoms with Gasteiger partial charge in [0.15, 0.2) is 0 Å². The molecule has 0 amide bonds. The van der Waals surface area contributed by atoms with Gasteiger partial charge < -0.3 is 14.2 Å². The zero-order chi connectivity index (χ0) is 23.1. The van der Waals surface area contributed by atoms with Crippen LogP contribution in [0, 0.1) is 0 Å². The maximum Gasteiger partial charge on any atom is 0.306 e. The van der Waals surface area contributed by atoms with Crippen LogP contribution in [0.1, 0.15) is 124 Å². The molecule has 0 heterocycles. The normalized spacial score (nSPS) is 23.2. The molecular weight excluding hydrogens is 396 g/mol. The second-order valence-corrected chi connectivity index (χ2v) is 8.69. The van der Waals surface area contributed by atoms with E-state index in [0.29, 0.717) is 32.1 Å². The van der Waals surface area contributed by atoms with Crippen LogP contribution in [0.2, 0.25) is 0 Å². The number of ether oxygens (including phenoxy) is 3. The molecule has 0 N–H and O–H groups in total. The van der Waals surface area contributed by atoms with Gasteiger partial charge in [-0.05, 0) is 25.7 Å². The Hall–Kier alpha value is -1.59. The SMILES string of the molecule is CCCCCCCCCCC1(OC(=O)CC)CCC(OC(=O)CC)CC1OC(=O)CC. The molecule has 31 heavy (non-hydrogen) atoms. The Kier molecular flexibility index (Phi) is 13.5. The Labute approximate surface area is 188 Å². The monoisotopic (exact) mass is 440 g/mol. The molecule has 3 atom stereocenters. The van der Waals surface area contributed by atoms with E-state index in [2.05, 4.69) is 6.92 Å². The highest BCUT2D eigenvalue weighted by atomic mass is 16.6. The summed E-state index contributed by atoms with van der Waals surface area (Å²) in [6, 6.07) is 0. The first kappa shape index (κ1) is 27.4. The number of hydrogen-bond donors (Lipinski definition) is 0. The molecule has 6 nitrogen and oxygen atoms in total. The van der Waals surface area contributed by atoms with Crippen LogP contribution in [0.15, 0.2) is 0 Å². The lowest BCUT2D eigenvalue weighted by molar-refractivity contribution is -0.205. The van der Waals surface area contributed by atoms with Gasteiger partial charge in [0.2, 0.25) is 0 Å². The van der Waals surface area contributed by atoms with Gasteiger partial charge in [0.05, 0.1) is 0 Å². The molecule has 0 radical (unpaired) electrons. The minimum Gasteiger partial charge on any atom is -0.462 e. The van der Waals surface area contributed by atoms with Crippen LogP contribution in [0.5, 0.6) is 0 Å². The van der Waals surface area contributed by atoms with Gasteiger partial charge in [-0.15, -0.1) is 0 Å². The van der Waals surface area contributed by atoms with E-state index in [1.165, 1.54) is 32.1 Å². The molecule has 0 aromatic rings. The van der Waals surface area contributed by atoms with Gasteiger partial charge in [0, 0.05) is 25.7 Å². The molecule has 6 heteroatoms. The Morgan fingerprint density at radius 3 is 1.87 bits per heavy atom. The van der Waals surface area contributed by atoms with Crippen molar-refractivity contribution in [2.24, 2.45) is 0 Å². The van der Waals surface area contributed by atoms with Crippen molar-refractivity contribution < 1.29 is 28.6 Å². The van der Waals surface area contributed by atoms with E-state index in [0.717, 1.165) is 19.3 Å². The number of unbranched alkanes of at least 4 members (excludes halogenated alkanes) is 7. The Morgan fingerprint density at radius 1 is 0.742 bits per heavy atom. The summed E-state index contributed by atoms with van der Waals surface area (Å²) in [7, 11) is 0. The van der Waals surface area contributed by atoms with Crippen LogP contribution in [-0.2, 0) is 28.6 Å². The summed E-state index contributed by atoms with van der Waals surface area (Å²) < 4.78 is 17.3. The van der Waals surface area contributed by atoms with E-state index >= 15 is 0 Å². The van der Waals surface area contributed by atoms with Gasteiger partial charge in [-0.2, -0.15) is 0 Å². The first-order chi connectivity index (χ1) is 14.9. The van der Waals surface area contributed by atoms with Gasteiger partial charge in [-0.3, -0.25) is 14.4 Å². The van der Waals surface area contributed by atoms with E-state index in [-0.39, 0.29) is 36.9 Å². The molecule has 0 bridgehead atoms. The second-order valence-electron chi connectivity index (χ2n) is 8.69. The summed E-state index contributed by atoms with van der Waals surface area (Å²) in [4.78, 5) is 36.2. The highest BCUT2D eigenvalue weighted by Crippen LogP contribution is 2.40. The lowest BCUT2D eigenvalue weighted by Crippen LogP contribution is -2.54. The third-order valence-corrected chi connectivity index (χ3v) is 6.16. The first-order valence-corrected chi connectivity index (χ1v) is 12.5. The van der Waals surface area contributed by atoms with Crippen LogP contribution < -0.4 is 0 Å². The Bertz CT molecular complexity index is 546. The highest BCUT2D eigenvalue weighted by Gasteiger charge is 2.49. The quantitative estimate of drug-likeness (QED) is 0.176. The van der Waals surface area contributed by atoms with Crippen molar-refractivity contribution >= 4 is 17.9 Å². The van der Waals surface area contributed by atoms with Crippen molar-refractivity contribution in [2.45, 2.75) is 142 Å². The summed E-state index contributed by atoms with van der Waals surface area (Å²) >= 11 is 0. The fourth-order valence-corrected chi connectivity index (χ4v) is 4.22. The van der Waals surface area contributed by atoms with Gasteiger partial charge in [-0.1, -0.05) is 72.6 Å². The molecule has 0 aromatic carbocycles. The molecule has 1 rings (SSSR count). The lowest BCUT2D eigenvalue weighted by Gasteiger charge is -2.44. The van der Waals surface area contributed by atoms with E-state index in [1.807, 2.05) is 0 Å². The average Bonchev–Trinajstić information content (AvgIpc) is 2.77. The molecule has 1 fully saturated rings. The molecule has 1 saturated carbocycles. The zero-order valence-corrected chi connectivity index (χ0v) is 20.2. The minimum atomic E-state index is -0.824. The van der Waals surface area contributed by atoms with Gasteiger partial charge in [-0.25, -0.2) is 0 Å². The standard InChI is InChI=1S/C25H44O6/c1-5-9-10-11-12-13-14-15-17-25(31-24(28)8-4)18-16-20(29-22(26)6-2)19-21(25)30-23(27)7-3/h20-21H,5-19H2,1-4H3. The van der Waals surface area contributed by atoms with E-state index in [4.69, 9.17) is 14.2 Å². The highest BCUT2D eigenvalue weighted by molar-refractivity contribution is 5.71. The summed E-state index contributed by atoms with van der Waals surface area (Å²) in [6.45, 7) is 7.50. The van der Waals surface area contributed by atoms with E-state index in [1.54, 1.807) is 20.8 Å². The van der Waals surface area contributed by atoms with Crippen molar-refractivity contribution in [1.82, 2.24) is 0 Å². The van der Waals surface area contributed by atoms with Crippen LogP contribution in [0.25, 0.3) is 0 Å². The Balaban J connectivity index is 2.81. The van der Waals surface area contributed by atoms with Crippen LogP contribution in [0.3, 0.4) is 0 Å². The van der Waals surface area contributed by atoms with Gasteiger partial charge in [0.1, 0.15) is 17.8 Å². The van der Waals surface area contributed by atoms with Crippen molar-refractivity contribution in [3.8, 4) is 0 Å². The minimum absolute atomic E-state index is 0.255. The third kappa shape index (κ3) is 10.0. The maximum atomic E-state index is 12.3. The largest absolute Gasteiger partial charge is 0.462 e. The number of carbonyl (C=O) groups is 3. The number of hydrogen-bond acceptors (Lipinski definition) is 6.